The van der Waals surface area contributed by atoms with Crippen LogP contribution in [0.25, 0.3) is 0 Å². The molecule has 4 nitrogen and oxygen atoms in total. The highest BCUT2D eigenvalue weighted by Gasteiger charge is 2.18. The van der Waals surface area contributed by atoms with Crippen molar-refractivity contribution in [2.75, 3.05) is 19.8 Å². The number of aromatic nitrogens is 2. The summed E-state index contributed by atoms with van der Waals surface area (Å²) >= 11 is 1.75. The van der Waals surface area contributed by atoms with Crippen molar-refractivity contribution < 1.29 is 4.74 Å². The second-order valence-electron chi connectivity index (χ2n) is 4.00. The molecular formula is C13H19N3OS. The van der Waals surface area contributed by atoms with Crippen molar-refractivity contribution in [1.82, 2.24) is 14.9 Å². The molecule has 0 aromatic carbocycles. The highest BCUT2D eigenvalue weighted by Crippen LogP contribution is 2.24. The van der Waals surface area contributed by atoms with E-state index in [4.69, 9.17) is 4.74 Å². The van der Waals surface area contributed by atoms with Crippen LogP contribution in [-0.4, -0.2) is 29.3 Å². The number of nitrogens with one attached hydrogen (secondary N) is 1. The van der Waals surface area contributed by atoms with Gasteiger partial charge in [0.15, 0.2) is 0 Å². The molecule has 2 rings (SSSR count). The zero-order chi connectivity index (χ0) is 12.8. The van der Waals surface area contributed by atoms with Crippen molar-refractivity contribution >= 4 is 11.3 Å². The molecule has 0 saturated carbocycles. The van der Waals surface area contributed by atoms with Gasteiger partial charge in [-0.3, -0.25) is 0 Å². The Morgan fingerprint density at radius 3 is 3.06 bits per heavy atom. The van der Waals surface area contributed by atoms with E-state index < -0.39 is 0 Å². The Balaban J connectivity index is 2.07. The fourth-order valence-electron chi connectivity index (χ4n) is 1.85. The Hall–Kier alpha value is -1.17. The van der Waals surface area contributed by atoms with E-state index in [-0.39, 0.29) is 6.04 Å². The molecule has 2 aromatic heterocycles. The van der Waals surface area contributed by atoms with Gasteiger partial charge in [-0.15, -0.1) is 11.3 Å². The first kappa shape index (κ1) is 13.3. The molecule has 1 atom stereocenters. The molecule has 0 aliphatic carbocycles. The van der Waals surface area contributed by atoms with Gasteiger partial charge in [-0.1, -0.05) is 6.07 Å². The van der Waals surface area contributed by atoms with E-state index in [1.807, 2.05) is 26.4 Å². The number of rotatable bonds is 7. The standard InChI is InChI=1S/C13H19N3OS/c1-3-17-9-7-14-12(11-5-4-10-18-11)13-15-6-8-16(13)2/h4-6,8,10,12,14H,3,7,9H2,1-2H3. The number of ether oxygens (including phenoxy) is 1. The highest BCUT2D eigenvalue weighted by atomic mass is 32.1. The number of hydrogen-bond donors (Lipinski definition) is 1. The third kappa shape index (κ3) is 3.19. The summed E-state index contributed by atoms with van der Waals surface area (Å²) in [6.45, 7) is 4.31. The molecule has 0 spiro atoms. The Bertz CT molecular complexity index is 453. The number of aryl methyl sites for hydroxylation is 1. The second-order valence-corrected chi connectivity index (χ2v) is 4.98. The molecular weight excluding hydrogens is 246 g/mol. The van der Waals surface area contributed by atoms with Gasteiger partial charge in [-0.05, 0) is 18.4 Å². The van der Waals surface area contributed by atoms with Crippen LogP contribution in [0, 0.1) is 0 Å². The van der Waals surface area contributed by atoms with Crippen molar-refractivity contribution in [3.63, 3.8) is 0 Å². The van der Waals surface area contributed by atoms with E-state index in [9.17, 15) is 0 Å². The topological polar surface area (TPSA) is 39.1 Å². The second kappa shape index (κ2) is 6.68. The molecule has 1 N–H and O–H groups in total. The van der Waals surface area contributed by atoms with Crippen molar-refractivity contribution in [1.29, 1.82) is 0 Å². The molecule has 5 heteroatoms. The van der Waals surface area contributed by atoms with E-state index in [2.05, 4.69) is 32.4 Å². The Labute approximate surface area is 112 Å². The summed E-state index contributed by atoms with van der Waals surface area (Å²) in [7, 11) is 2.02. The van der Waals surface area contributed by atoms with E-state index >= 15 is 0 Å². The van der Waals surface area contributed by atoms with E-state index in [0.717, 1.165) is 25.6 Å². The minimum absolute atomic E-state index is 0.144. The molecule has 1 unspecified atom stereocenters. The number of hydrogen-bond acceptors (Lipinski definition) is 4. The van der Waals surface area contributed by atoms with Crippen LogP contribution in [0.15, 0.2) is 29.9 Å². The lowest BCUT2D eigenvalue weighted by Crippen LogP contribution is -2.27. The summed E-state index contributed by atoms with van der Waals surface area (Å²) in [5.74, 6) is 1.04. The Morgan fingerprint density at radius 1 is 1.56 bits per heavy atom. The molecule has 98 valence electrons. The summed E-state index contributed by atoms with van der Waals surface area (Å²) in [5, 5.41) is 5.60. The fraction of sp³-hybridized carbons (Fsp3) is 0.462. The molecule has 2 aromatic rings. The van der Waals surface area contributed by atoms with Crippen LogP contribution in [0.2, 0.25) is 0 Å². The first-order valence-electron chi connectivity index (χ1n) is 6.14. The zero-order valence-electron chi connectivity index (χ0n) is 10.8. The summed E-state index contributed by atoms with van der Waals surface area (Å²) < 4.78 is 7.42. The van der Waals surface area contributed by atoms with Crippen LogP contribution in [0.3, 0.4) is 0 Å². The van der Waals surface area contributed by atoms with Crippen molar-refractivity contribution in [2.24, 2.45) is 7.05 Å². The number of imidazole rings is 1. The van der Waals surface area contributed by atoms with Crippen LogP contribution in [0.4, 0.5) is 0 Å². The van der Waals surface area contributed by atoms with Gasteiger partial charge in [0.2, 0.25) is 0 Å². The van der Waals surface area contributed by atoms with Crippen molar-refractivity contribution in [3.05, 3.63) is 40.6 Å². The van der Waals surface area contributed by atoms with Gasteiger partial charge < -0.3 is 14.6 Å². The lowest BCUT2D eigenvalue weighted by atomic mass is 10.2. The zero-order valence-corrected chi connectivity index (χ0v) is 11.6. The summed E-state index contributed by atoms with van der Waals surface area (Å²) in [6, 6.07) is 4.35. The average Bonchev–Trinajstić information content (AvgIpc) is 3.01. The van der Waals surface area contributed by atoms with E-state index in [0.29, 0.717) is 0 Å². The van der Waals surface area contributed by atoms with Gasteiger partial charge in [-0.2, -0.15) is 0 Å². The van der Waals surface area contributed by atoms with E-state index in [1.165, 1.54) is 4.88 Å². The maximum absolute atomic E-state index is 5.36. The molecule has 18 heavy (non-hydrogen) atoms. The van der Waals surface area contributed by atoms with Gasteiger partial charge in [0, 0.05) is 37.5 Å². The number of thiophene rings is 1. The highest BCUT2D eigenvalue weighted by molar-refractivity contribution is 7.10. The first-order chi connectivity index (χ1) is 8.83. The molecule has 0 saturated heterocycles. The van der Waals surface area contributed by atoms with Crippen LogP contribution >= 0.6 is 11.3 Å². The van der Waals surface area contributed by atoms with Crippen molar-refractivity contribution in [2.45, 2.75) is 13.0 Å². The minimum Gasteiger partial charge on any atom is -0.380 e. The maximum atomic E-state index is 5.36. The predicted octanol–water partition coefficient (Wildman–Crippen LogP) is 2.20. The van der Waals surface area contributed by atoms with Crippen LogP contribution in [-0.2, 0) is 11.8 Å². The third-order valence-electron chi connectivity index (χ3n) is 2.74. The Morgan fingerprint density at radius 2 is 2.44 bits per heavy atom. The monoisotopic (exact) mass is 265 g/mol. The quantitative estimate of drug-likeness (QED) is 0.780. The Kier molecular flexibility index (Phi) is 4.92. The third-order valence-corrected chi connectivity index (χ3v) is 3.68. The lowest BCUT2D eigenvalue weighted by molar-refractivity contribution is 0.147. The van der Waals surface area contributed by atoms with Crippen LogP contribution in [0.1, 0.15) is 23.7 Å². The SMILES string of the molecule is CCOCCNC(c1cccs1)c1nccn1C. The summed E-state index contributed by atoms with van der Waals surface area (Å²) in [5.41, 5.74) is 0. The van der Waals surface area contributed by atoms with Gasteiger partial charge in [0.05, 0.1) is 6.61 Å². The molecule has 0 radical (unpaired) electrons. The van der Waals surface area contributed by atoms with Gasteiger partial charge in [0.25, 0.3) is 0 Å². The molecule has 0 bridgehead atoms. The van der Waals surface area contributed by atoms with Gasteiger partial charge >= 0.3 is 0 Å². The molecule has 0 fully saturated rings. The number of nitrogens with zero attached hydrogens (tertiary/aromatic N) is 2. The van der Waals surface area contributed by atoms with E-state index in [1.54, 1.807) is 11.3 Å². The normalized spacial score (nSPS) is 12.8. The molecule has 0 aliphatic rings. The van der Waals surface area contributed by atoms with Crippen molar-refractivity contribution in [3.8, 4) is 0 Å². The van der Waals surface area contributed by atoms with Gasteiger partial charge in [0.1, 0.15) is 11.9 Å². The lowest BCUT2D eigenvalue weighted by Gasteiger charge is -2.17. The summed E-state index contributed by atoms with van der Waals surface area (Å²) in [6.07, 6.45) is 3.81. The van der Waals surface area contributed by atoms with Gasteiger partial charge in [-0.25, -0.2) is 4.98 Å². The smallest absolute Gasteiger partial charge is 0.131 e. The maximum Gasteiger partial charge on any atom is 0.131 e. The minimum atomic E-state index is 0.144. The average molecular weight is 265 g/mol. The molecule has 2 heterocycles. The fourth-order valence-corrected chi connectivity index (χ4v) is 2.65. The summed E-state index contributed by atoms with van der Waals surface area (Å²) in [4.78, 5) is 5.72. The first-order valence-corrected chi connectivity index (χ1v) is 7.02. The molecule has 0 amide bonds. The van der Waals surface area contributed by atoms with Crippen LogP contribution < -0.4 is 5.32 Å². The van der Waals surface area contributed by atoms with Crippen LogP contribution in [0.5, 0.6) is 0 Å². The largest absolute Gasteiger partial charge is 0.380 e. The molecule has 0 aliphatic heterocycles. The predicted molar refractivity (Wildman–Crippen MR) is 73.9 cm³/mol.